The molecule has 0 aromatic carbocycles. The minimum Gasteiger partial charge on any atom is -0.409 e. The Labute approximate surface area is 92.1 Å². The van der Waals surface area contributed by atoms with Gasteiger partial charge < -0.3 is 10.9 Å². The van der Waals surface area contributed by atoms with Gasteiger partial charge in [-0.05, 0) is 25.8 Å². The van der Waals surface area contributed by atoms with Gasteiger partial charge in [0.25, 0.3) is 0 Å². The lowest BCUT2D eigenvalue weighted by Crippen LogP contribution is -2.43. The van der Waals surface area contributed by atoms with Gasteiger partial charge in [0.1, 0.15) is 0 Å². The van der Waals surface area contributed by atoms with Gasteiger partial charge in [-0.2, -0.15) is 0 Å². The van der Waals surface area contributed by atoms with E-state index in [1.165, 1.54) is 32.1 Å². The number of likely N-dealkylation sites (N-methyl/N-ethyl adjacent to an activating group) is 1. The van der Waals surface area contributed by atoms with Gasteiger partial charge in [-0.3, -0.25) is 4.90 Å². The first-order valence-corrected chi connectivity index (χ1v) is 5.85. The number of amidine groups is 1. The van der Waals surface area contributed by atoms with Crippen LogP contribution in [0.5, 0.6) is 0 Å². The van der Waals surface area contributed by atoms with Crippen molar-refractivity contribution in [3.8, 4) is 0 Å². The van der Waals surface area contributed by atoms with Gasteiger partial charge in [0.2, 0.25) is 0 Å². The molecule has 0 aliphatic heterocycles. The average molecular weight is 213 g/mol. The maximum absolute atomic E-state index is 8.54. The molecule has 2 atom stereocenters. The van der Waals surface area contributed by atoms with E-state index in [0.29, 0.717) is 18.4 Å². The van der Waals surface area contributed by atoms with E-state index >= 15 is 0 Å². The molecular weight excluding hydrogens is 190 g/mol. The Morgan fingerprint density at radius 2 is 2.13 bits per heavy atom. The zero-order chi connectivity index (χ0) is 11.3. The van der Waals surface area contributed by atoms with Crippen molar-refractivity contribution in [2.75, 3.05) is 13.6 Å². The molecule has 4 nitrogen and oxygen atoms in total. The number of hydrogen-bond donors (Lipinski definition) is 2. The number of nitrogens with two attached hydrogens (primary N) is 1. The first kappa shape index (κ1) is 12.3. The van der Waals surface area contributed by atoms with Crippen LogP contribution in [0.15, 0.2) is 5.16 Å². The highest BCUT2D eigenvalue weighted by molar-refractivity contribution is 5.81. The summed E-state index contributed by atoms with van der Waals surface area (Å²) in [5, 5.41) is 11.6. The summed E-state index contributed by atoms with van der Waals surface area (Å²) in [5.74, 6) is 1.08. The molecule has 0 aromatic heterocycles. The minimum atomic E-state index is 0.304. The molecule has 0 saturated heterocycles. The van der Waals surface area contributed by atoms with E-state index in [1.54, 1.807) is 0 Å². The van der Waals surface area contributed by atoms with E-state index in [2.05, 4.69) is 24.0 Å². The molecule has 1 fully saturated rings. The van der Waals surface area contributed by atoms with Gasteiger partial charge in [0.05, 0.1) is 6.54 Å². The molecular formula is C11H23N3O. The summed E-state index contributed by atoms with van der Waals surface area (Å²) in [6.07, 6.45) is 6.45. The molecule has 15 heavy (non-hydrogen) atoms. The molecule has 0 heterocycles. The van der Waals surface area contributed by atoms with Crippen LogP contribution in [-0.4, -0.2) is 35.6 Å². The smallest absolute Gasteiger partial charge is 0.153 e. The molecule has 0 aromatic rings. The summed E-state index contributed by atoms with van der Waals surface area (Å²) in [6, 6.07) is 0.601. The number of nitrogens with zero attached hydrogens (tertiary/aromatic N) is 2. The normalized spacial score (nSPS) is 28.3. The molecule has 0 amide bonds. The quantitative estimate of drug-likeness (QED) is 0.323. The Morgan fingerprint density at radius 3 is 2.73 bits per heavy atom. The zero-order valence-electron chi connectivity index (χ0n) is 9.82. The molecule has 1 saturated carbocycles. The third-order valence-electron chi connectivity index (χ3n) is 3.50. The van der Waals surface area contributed by atoms with Gasteiger partial charge >= 0.3 is 0 Å². The highest BCUT2D eigenvalue weighted by Gasteiger charge is 2.27. The van der Waals surface area contributed by atoms with Crippen LogP contribution >= 0.6 is 0 Å². The van der Waals surface area contributed by atoms with Crippen molar-refractivity contribution in [2.24, 2.45) is 16.8 Å². The molecule has 0 bridgehead atoms. The predicted octanol–water partition coefficient (Wildman–Crippen LogP) is 1.63. The maximum Gasteiger partial charge on any atom is 0.153 e. The van der Waals surface area contributed by atoms with Crippen molar-refractivity contribution in [3.63, 3.8) is 0 Å². The van der Waals surface area contributed by atoms with Crippen molar-refractivity contribution >= 4 is 5.84 Å². The lowest BCUT2D eigenvalue weighted by atomic mass is 9.82. The van der Waals surface area contributed by atoms with E-state index < -0.39 is 0 Å². The molecule has 1 aliphatic rings. The van der Waals surface area contributed by atoms with Crippen LogP contribution in [-0.2, 0) is 0 Å². The second kappa shape index (κ2) is 5.95. The van der Waals surface area contributed by atoms with Gasteiger partial charge in [-0.1, -0.05) is 31.3 Å². The Morgan fingerprint density at radius 1 is 1.47 bits per heavy atom. The van der Waals surface area contributed by atoms with Gasteiger partial charge in [-0.15, -0.1) is 0 Å². The summed E-state index contributed by atoms with van der Waals surface area (Å²) in [7, 11) is 2.07. The van der Waals surface area contributed by atoms with Crippen molar-refractivity contribution in [1.82, 2.24) is 4.90 Å². The van der Waals surface area contributed by atoms with E-state index in [1.807, 2.05) is 0 Å². The topological polar surface area (TPSA) is 61.8 Å². The van der Waals surface area contributed by atoms with Crippen molar-refractivity contribution < 1.29 is 5.21 Å². The largest absolute Gasteiger partial charge is 0.409 e. The zero-order valence-corrected chi connectivity index (χ0v) is 9.82. The van der Waals surface area contributed by atoms with E-state index in [-0.39, 0.29) is 0 Å². The van der Waals surface area contributed by atoms with Crippen LogP contribution < -0.4 is 5.73 Å². The van der Waals surface area contributed by atoms with Crippen LogP contribution in [0.1, 0.15) is 39.0 Å². The second-order valence-electron chi connectivity index (χ2n) is 4.53. The van der Waals surface area contributed by atoms with E-state index in [0.717, 1.165) is 5.92 Å². The molecule has 88 valence electrons. The summed E-state index contributed by atoms with van der Waals surface area (Å²) in [5.41, 5.74) is 5.53. The summed E-state index contributed by atoms with van der Waals surface area (Å²) in [6.45, 7) is 2.82. The molecule has 2 unspecified atom stereocenters. The van der Waals surface area contributed by atoms with Crippen LogP contribution in [0.2, 0.25) is 0 Å². The lowest BCUT2D eigenvalue weighted by molar-refractivity contribution is 0.140. The van der Waals surface area contributed by atoms with Crippen molar-refractivity contribution in [2.45, 2.75) is 45.1 Å². The average Bonchev–Trinajstić information content (AvgIpc) is 2.28. The summed E-state index contributed by atoms with van der Waals surface area (Å²) < 4.78 is 0. The van der Waals surface area contributed by atoms with Crippen LogP contribution in [0.3, 0.4) is 0 Å². The maximum atomic E-state index is 8.54. The highest BCUT2D eigenvalue weighted by atomic mass is 16.4. The van der Waals surface area contributed by atoms with Crippen LogP contribution in [0, 0.1) is 5.92 Å². The number of hydrogen-bond acceptors (Lipinski definition) is 3. The van der Waals surface area contributed by atoms with E-state index in [4.69, 9.17) is 10.9 Å². The highest BCUT2D eigenvalue weighted by Crippen LogP contribution is 2.29. The van der Waals surface area contributed by atoms with Crippen LogP contribution in [0.25, 0.3) is 0 Å². The Kier molecular flexibility index (Phi) is 4.88. The van der Waals surface area contributed by atoms with Crippen molar-refractivity contribution in [1.29, 1.82) is 0 Å². The monoisotopic (exact) mass is 213 g/mol. The lowest BCUT2D eigenvalue weighted by Gasteiger charge is -2.37. The first-order chi connectivity index (χ1) is 7.19. The molecule has 4 heteroatoms. The Hall–Kier alpha value is -0.770. The Bertz CT molecular complexity index is 218. The molecule has 0 radical (unpaired) electrons. The summed E-state index contributed by atoms with van der Waals surface area (Å²) in [4.78, 5) is 2.22. The molecule has 3 N–H and O–H groups in total. The van der Waals surface area contributed by atoms with Gasteiger partial charge in [0, 0.05) is 6.04 Å². The number of rotatable bonds is 4. The van der Waals surface area contributed by atoms with Gasteiger partial charge in [0.15, 0.2) is 5.84 Å². The fourth-order valence-electron chi connectivity index (χ4n) is 2.65. The SMILES string of the molecule is CCC1CCCCC1N(C)CC(N)=NO. The molecule has 1 aliphatic carbocycles. The van der Waals surface area contributed by atoms with Crippen LogP contribution in [0.4, 0.5) is 0 Å². The summed E-state index contributed by atoms with van der Waals surface area (Å²) >= 11 is 0. The van der Waals surface area contributed by atoms with E-state index in [9.17, 15) is 0 Å². The van der Waals surface area contributed by atoms with Crippen molar-refractivity contribution in [3.05, 3.63) is 0 Å². The second-order valence-corrected chi connectivity index (χ2v) is 4.53. The fraction of sp³-hybridized carbons (Fsp3) is 0.909. The first-order valence-electron chi connectivity index (χ1n) is 5.85. The Balaban J connectivity index is 2.51. The third-order valence-corrected chi connectivity index (χ3v) is 3.50. The standard InChI is InChI=1S/C11H23N3O/c1-3-9-6-4-5-7-10(9)14(2)8-11(12)13-15/h9-10,15H,3-8H2,1-2H3,(H2,12,13). The van der Waals surface area contributed by atoms with Gasteiger partial charge in [-0.25, -0.2) is 0 Å². The molecule has 0 spiro atoms. The predicted molar refractivity (Wildman–Crippen MR) is 62.1 cm³/mol. The third kappa shape index (κ3) is 3.38. The fourth-order valence-corrected chi connectivity index (χ4v) is 2.65. The minimum absolute atomic E-state index is 0.304. The number of oxime groups is 1. The molecule has 1 rings (SSSR count).